The summed E-state index contributed by atoms with van der Waals surface area (Å²) in [6, 6.07) is 1.22. The minimum absolute atomic E-state index is 0.0491. The zero-order chi connectivity index (χ0) is 36.8. The second kappa shape index (κ2) is 12.1. The molecular weight excluding hydrogens is 660 g/mol. The fraction of sp³-hybridized carbons (Fsp3) is 0.976. The topological polar surface area (TPSA) is 110 Å². The van der Waals surface area contributed by atoms with Gasteiger partial charge in [0.05, 0.1) is 55.9 Å². The van der Waals surface area contributed by atoms with Gasteiger partial charge in [-0.05, 0) is 111 Å². The van der Waals surface area contributed by atoms with Gasteiger partial charge in [-0.25, -0.2) is 0 Å². The van der Waals surface area contributed by atoms with Gasteiger partial charge in [0.25, 0.3) is 0 Å². The minimum Gasteiger partial charge on any atom is -0.457 e. The number of aliphatic hydroxyl groups excluding tert-OH is 1. The van der Waals surface area contributed by atoms with Crippen LogP contribution in [-0.2, 0) is 28.5 Å². The fourth-order valence-electron chi connectivity index (χ4n) is 15.3. The molecule has 4 aliphatic heterocycles. The van der Waals surface area contributed by atoms with Crippen molar-refractivity contribution in [2.45, 2.75) is 161 Å². The van der Waals surface area contributed by atoms with Gasteiger partial charge in [0, 0.05) is 44.6 Å². The fourth-order valence-corrected chi connectivity index (χ4v) is 15.3. The number of rotatable bonds is 7. The number of morpholine rings is 1. The van der Waals surface area contributed by atoms with Crippen molar-refractivity contribution in [3.8, 4) is 0 Å². The zero-order valence-electron chi connectivity index (χ0n) is 33.3. The summed E-state index contributed by atoms with van der Waals surface area (Å²) >= 11 is 0. The van der Waals surface area contributed by atoms with Crippen molar-refractivity contribution in [3.63, 3.8) is 0 Å². The number of carbonyl (C=O) groups is 1. The molecule has 5 aliphatic carbocycles. The van der Waals surface area contributed by atoms with E-state index < -0.39 is 29.9 Å². The van der Waals surface area contributed by atoms with Gasteiger partial charge in [0.2, 0.25) is 0 Å². The smallest absolute Gasteiger partial charge is 0.303 e. The first kappa shape index (κ1) is 36.8. The molecule has 0 amide bonds. The van der Waals surface area contributed by atoms with Gasteiger partial charge in [-0.3, -0.25) is 14.6 Å². The van der Waals surface area contributed by atoms with Crippen LogP contribution in [0.4, 0.5) is 0 Å². The Balaban J connectivity index is 0.908. The molecule has 0 radical (unpaired) electrons. The van der Waals surface area contributed by atoms with E-state index in [1.165, 1.54) is 32.6 Å². The maximum absolute atomic E-state index is 12.6. The van der Waals surface area contributed by atoms with E-state index in [1.807, 2.05) is 0 Å². The van der Waals surface area contributed by atoms with Crippen LogP contribution in [0.5, 0.6) is 0 Å². The highest BCUT2D eigenvalue weighted by molar-refractivity contribution is 5.66. The lowest BCUT2D eigenvalue weighted by atomic mass is 9.41. The number of esters is 1. The summed E-state index contributed by atoms with van der Waals surface area (Å²) in [5, 5.41) is 23.7. The van der Waals surface area contributed by atoms with E-state index in [4.69, 9.17) is 23.7 Å². The molecule has 10 heteroatoms. The third-order valence-electron chi connectivity index (χ3n) is 18.0. The molecule has 0 bridgehead atoms. The highest BCUT2D eigenvalue weighted by atomic mass is 16.7. The number of hydrogen-bond donors (Lipinski definition) is 2. The van der Waals surface area contributed by atoms with E-state index in [-0.39, 0.29) is 52.0 Å². The van der Waals surface area contributed by atoms with Crippen molar-refractivity contribution in [1.82, 2.24) is 9.80 Å². The van der Waals surface area contributed by atoms with Gasteiger partial charge in [-0.2, -0.15) is 0 Å². The lowest BCUT2D eigenvalue weighted by Crippen LogP contribution is -2.68. The van der Waals surface area contributed by atoms with Crippen LogP contribution >= 0.6 is 0 Å². The number of nitrogens with zero attached hydrogens (tertiary/aromatic N) is 2. The molecule has 294 valence electrons. The van der Waals surface area contributed by atoms with E-state index in [0.29, 0.717) is 35.8 Å². The van der Waals surface area contributed by atoms with Gasteiger partial charge in [0.1, 0.15) is 0 Å². The van der Waals surface area contributed by atoms with Gasteiger partial charge in [-0.1, -0.05) is 34.6 Å². The number of ether oxygens (including phenoxy) is 5. The number of fused-ring (bicyclic) bond motifs is 4. The molecule has 0 aromatic carbocycles. The molecule has 0 unspecified atom stereocenters. The molecule has 2 spiro atoms. The maximum atomic E-state index is 12.6. The van der Waals surface area contributed by atoms with Gasteiger partial charge in [0.15, 0.2) is 12.4 Å². The third-order valence-corrected chi connectivity index (χ3v) is 18.0. The molecule has 9 rings (SSSR count). The summed E-state index contributed by atoms with van der Waals surface area (Å²) in [7, 11) is 0. The standard InChI is InChI=1S/C42H68N2O8/c1-24-17-28(36(38(5,6)47)50-25(2)45)51-34-33(24)39(7)13-14-42-23-41(42)12-11-31(37(3,4)29(41)9-10-30(42)40(39,8)35(34)46)52-32-20-43(15-16-49-32)26-18-44(19-26)27-21-48-22-27/h24,26-36,46-47H,9-23H2,1-8H3/t24-,28-,29+,30+,31+,32+,33+,34+,35+,36+,39-,40-,41-,42+/m1/s1. The normalized spacial score (nSPS) is 51.1. The predicted molar refractivity (Wildman–Crippen MR) is 194 cm³/mol. The highest BCUT2D eigenvalue weighted by Crippen LogP contribution is 2.89. The van der Waals surface area contributed by atoms with E-state index in [2.05, 4.69) is 44.4 Å². The number of hydrogen-bond acceptors (Lipinski definition) is 10. The van der Waals surface area contributed by atoms with E-state index in [0.717, 1.165) is 65.3 Å². The first-order chi connectivity index (χ1) is 24.5. The largest absolute Gasteiger partial charge is 0.457 e. The lowest BCUT2D eigenvalue weighted by Gasteiger charge is -2.64. The molecule has 52 heavy (non-hydrogen) atoms. The quantitative estimate of drug-likeness (QED) is 0.361. The predicted octanol–water partition coefficient (Wildman–Crippen LogP) is 4.63. The Bertz CT molecular complexity index is 1410. The molecule has 9 aliphatic rings. The van der Waals surface area contributed by atoms with Gasteiger partial charge < -0.3 is 33.9 Å². The summed E-state index contributed by atoms with van der Waals surface area (Å²) in [5.41, 5.74) is -0.957. The van der Waals surface area contributed by atoms with Gasteiger partial charge in [-0.15, -0.1) is 0 Å². The van der Waals surface area contributed by atoms with Crippen LogP contribution in [0.2, 0.25) is 0 Å². The molecule has 0 aromatic rings. The van der Waals surface area contributed by atoms with Crippen molar-refractivity contribution in [1.29, 1.82) is 0 Å². The van der Waals surface area contributed by atoms with Crippen molar-refractivity contribution in [2.24, 2.45) is 50.7 Å². The van der Waals surface area contributed by atoms with E-state index in [1.54, 1.807) is 13.8 Å². The summed E-state index contributed by atoms with van der Waals surface area (Å²) < 4.78 is 31.4. The maximum Gasteiger partial charge on any atom is 0.303 e. The molecule has 4 saturated heterocycles. The minimum atomic E-state index is -1.25. The van der Waals surface area contributed by atoms with E-state index >= 15 is 0 Å². The van der Waals surface area contributed by atoms with Crippen LogP contribution < -0.4 is 0 Å². The summed E-state index contributed by atoms with van der Waals surface area (Å²) in [6.07, 6.45) is 6.79. The molecule has 10 nitrogen and oxygen atoms in total. The second-order valence-electron chi connectivity index (χ2n) is 21.0. The molecule has 4 heterocycles. The zero-order valence-corrected chi connectivity index (χ0v) is 33.3. The van der Waals surface area contributed by atoms with Crippen LogP contribution in [0, 0.1) is 50.7 Å². The van der Waals surface area contributed by atoms with Crippen molar-refractivity contribution < 1.29 is 38.7 Å². The van der Waals surface area contributed by atoms with E-state index in [9.17, 15) is 15.0 Å². The van der Waals surface area contributed by atoms with Crippen molar-refractivity contribution >= 4 is 5.97 Å². The summed E-state index contributed by atoms with van der Waals surface area (Å²) in [4.78, 5) is 17.3. The number of carbonyl (C=O) groups excluding carboxylic acids is 1. The Morgan fingerprint density at radius 2 is 1.65 bits per heavy atom. The number of aliphatic hydroxyl groups is 2. The van der Waals surface area contributed by atoms with Crippen LogP contribution in [0.1, 0.15) is 107 Å². The average Bonchev–Trinajstić information content (AvgIpc) is 3.66. The highest BCUT2D eigenvalue weighted by Gasteiger charge is 2.84. The Labute approximate surface area is 311 Å². The van der Waals surface area contributed by atoms with Gasteiger partial charge >= 0.3 is 5.97 Å². The van der Waals surface area contributed by atoms with Crippen LogP contribution in [-0.4, -0.2) is 126 Å². The molecular formula is C42H68N2O8. The number of likely N-dealkylation sites (tertiary alicyclic amines) is 1. The Hall–Kier alpha value is -0.850. The monoisotopic (exact) mass is 728 g/mol. The second-order valence-corrected chi connectivity index (χ2v) is 21.0. The SMILES string of the molecule is CC(=O)O[C@@H]([C@H]1C[C@@H](C)[C@H]2[C@H](O1)[C@H](O)[C@@]1(C)[C@@H]3CC[C@H]4C(C)(C)[C@@H](O[C@H]5CN(C6CN(C7COC7)C6)CCO5)CC[C@@]45C[C@@]35CC[C@]21C)C(C)(C)O. The Kier molecular flexibility index (Phi) is 8.54. The molecule has 2 N–H and O–H groups in total. The van der Waals surface area contributed by atoms with Crippen LogP contribution in [0.3, 0.4) is 0 Å². The summed E-state index contributed by atoms with van der Waals surface area (Å²) in [5.74, 6) is 1.12. The average molecular weight is 729 g/mol. The summed E-state index contributed by atoms with van der Waals surface area (Å²) in [6.45, 7) is 23.6. The molecule has 14 atom stereocenters. The Morgan fingerprint density at radius 3 is 2.33 bits per heavy atom. The molecule has 0 aromatic heterocycles. The Morgan fingerprint density at radius 1 is 0.942 bits per heavy atom. The van der Waals surface area contributed by atoms with Crippen LogP contribution in [0.25, 0.3) is 0 Å². The molecule has 9 fully saturated rings. The van der Waals surface area contributed by atoms with Crippen molar-refractivity contribution in [2.75, 3.05) is 46.0 Å². The lowest BCUT2D eigenvalue weighted by molar-refractivity contribution is -0.254. The first-order valence-electron chi connectivity index (χ1n) is 21.0. The first-order valence-corrected chi connectivity index (χ1v) is 21.0. The van der Waals surface area contributed by atoms with Crippen LogP contribution in [0.15, 0.2) is 0 Å². The molecule has 5 saturated carbocycles. The third kappa shape index (κ3) is 4.99. The van der Waals surface area contributed by atoms with Crippen molar-refractivity contribution in [3.05, 3.63) is 0 Å².